The van der Waals surface area contributed by atoms with Gasteiger partial charge in [0.1, 0.15) is 22.5 Å². The van der Waals surface area contributed by atoms with E-state index in [-0.39, 0.29) is 36.6 Å². The molecule has 1 N–H and O–H groups in total. The van der Waals surface area contributed by atoms with Crippen molar-refractivity contribution < 1.29 is 29.0 Å². The van der Waals surface area contributed by atoms with Gasteiger partial charge in [-0.2, -0.15) is 0 Å². The molecule has 2 aliphatic heterocycles. The summed E-state index contributed by atoms with van der Waals surface area (Å²) in [4.78, 5) is 69.7. The van der Waals surface area contributed by atoms with Crippen molar-refractivity contribution in [1.82, 2.24) is 19.8 Å². The summed E-state index contributed by atoms with van der Waals surface area (Å²) >= 11 is 0. The lowest BCUT2D eigenvalue weighted by molar-refractivity contribution is -0.138. The number of carboxylic acid groups (broad SMARTS) is 1. The van der Waals surface area contributed by atoms with Crippen molar-refractivity contribution in [2.24, 2.45) is 21.8 Å². The van der Waals surface area contributed by atoms with Gasteiger partial charge in [0.15, 0.2) is 11.7 Å². The molecule has 2 aromatic rings. The van der Waals surface area contributed by atoms with Crippen molar-refractivity contribution in [3.05, 3.63) is 71.3 Å². The number of aromatic nitrogens is 2. The summed E-state index contributed by atoms with van der Waals surface area (Å²) in [5, 5.41) is 8.84. The van der Waals surface area contributed by atoms with Gasteiger partial charge in [-0.1, -0.05) is 59.8 Å². The highest BCUT2D eigenvalue weighted by Crippen LogP contribution is 2.33. The Labute approximate surface area is 295 Å². The van der Waals surface area contributed by atoms with E-state index in [0.29, 0.717) is 42.6 Å². The summed E-state index contributed by atoms with van der Waals surface area (Å²) < 4.78 is 4.88. The minimum absolute atomic E-state index is 0.0255. The lowest BCUT2D eigenvalue weighted by Gasteiger charge is -2.25. The predicted molar refractivity (Wildman–Crippen MR) is 193 cm³/mol. The van der Waals surface area contributed by atoms with Gasteiger partial charge in [0.2, 0.25) is 0 Å². The van der Waals surface area contributed by atoms with Crippen LogP contribution in [0.5, 0.6) is 0 Å². The van der Waals surface area contributed by atoms with Gasteiger partial charge in [0.05, 0.1) is 6.61 Å². The molecular weight excluding hydrogens is 636 g/mol. The third-order valence-electron chi connectivity index (χ3n) is 9.32. The first-order valence-electron chi connectivity index (χ1n) is 17.4. The summed E-state index contributed by atoms with van der Waals surface area (Å²) in [6, 6.07) is 7.74. The predicted octanol–water partition coefficient (Wildman–Crippen LogP) is 5.28. The van der Waals surface area contributed by atoms with Gasteiger partial charge in [0.25, 0.3) is 11.8 Å². The van der Waals surface area contributed by atoms with Crippen LogP contribution in [0.25, 0.3) is 0 Å². The Hall–Kier alpha value is -4.74. The third-order valence-corrected chi connectivity index (χ3v) is 9.32. The molecule has 0 bridgehead atoms. The van der Waals surface area contributed by atoms with Gasteiger partial charge in [-0.15, -0.1) is 0 Å². The zero-order valence-corrected chi connectivity index (χ0v) is 30.9. The number of aliphatic imine (C=N–C) groups is 2. The Morgan fingerprint density at radius 1 is 0.820 bits per heavy atom. The highest BCUT2D eigenvalue weighted by atomic mass is 16.5. The molecule has 2 unspecified atom stereocenters. The Morgan fingerprint density at radius 2 is 1.30 bits per heavy atom. The Balaban J connectivity index is 0.000000271. The average Bonchev–Trinajstić information content (AvgIpc) is 3.51. The second-order valence-corrected chi connectivity index (χ2v) is 13.3. The van der Waals surface area contributed by atoms with Crippen LogP contribution in [0.15, 0.2) is 58.8 Å². The Bertz CT molecular complexity index is 1620. The molecule has 2 aliphatic rings. The summed E-state index contributed by atoms with van der Waals surface area (Å²) in [5.74, 6) is -0.284. The number of amidine groups is 2. The number of hydrogen-bond donors (Lipinski definition) is 1. The SMILES string of the molecule is CCOC(=O)/C=C/CN1C(=O)C(C)(C(C)C)N=C1c1ccc(CC)cn1.CCc1ccc(C2=NC(C)(C(C)C)C(=O)N2CCCC(=O)O)nc1. The molecule has 2 amide bonds. The molecule has 4 rings (SSSR count). The number of hydrogen-bond acceptors (Lipinski definition) is 9. The standard InChI is InChI=1S/C20H27N3O3.C18H25N3O3/c1-6-15-10-11-16(21-13-15)18-22-20(5,14(3)4)19(25)23(18)12-8-9-17(24)26-7-2;1-5-13-8-9-14(19-11-13)16-20-18(4,12(2)3)17(24)21(16)10-6-7-15(22)23/h8-11,13-14H,6-7,12H2,1-5H3;8-9,11-12H,5-7,10H2,1-4H3,(H,22,23)/b9-8+;. The van der Waals surface area contributed by atoms with E-state index in [1.165, 1.54) is 6.08 Å². The van der Waals surface area contributed by atoms with Crippen LogP contribution in [0, 0.1) is 11.8 Å². The number of rotatable bonds is 14. The molecule has 0 saturated carbocycles. The van der Waals surface area contributed by atoms with Gasteiger partial charge < -0.3 is 9.84 Å². The fourth-order valence-corrected chi connectivity index (χ4v) is 5.28. The molecular formula is C38H52N6O6. The number of aliphatic carboxylic acids is 1. The topological polar surface area (TPSA) is 155 Å². The van der Waals surface area contributed by atoms with Crippen molar-refractivity contribution in [3.8, 4) is 0 Å². The number of amides is 2. The van der Waals surface area contributed by atoms with Crippen LogP contribution >= 0.6 is 0 Å². The molecule has 0 aliphatic carbocycles. The van der Waals surface area contributed by atoms with Crippen molar-refractivity contribution in [1.29, 1.82) is 0 Å². The van der Waals surface area contributed by atoms with E-state index in [4.69, 9.17) is 14.8 Å². The van der Waals surface area contributed by atoms with Crippen LogP contribution < -0.4 is 0 Å². The molecule has 2 aromatic heterocycles. The maximum absolute atomic E-state index is 13.0. The zero-order chi connectivity index (χ0) is 37.2. The van der Waals surface area contributed by atoms with Gasteiger partial charge in [-0.05, 0) is 75.1 Å². The largest absolute Gasteiger partial charge is 0.481 e. The molecule has 2 atom stereocenters. The highest BCUT2D eigenvalue weighted by Gasteiger charge is 2.48. The van der Waals surface area contributed by atoms with Gasteiger partial charge in [0, 0.05) is 38.0 Å². The van der Waals surface area contributed by atoms with Crippen LogP contribution in [0.1, 0.15) is 97.7 Å². The van der Waals surface area contributed by atoms with E-state index in [1.54, 1.807) is 35.2 Å². The normalized spacial score (nSPS) is 20.4. The lowest BCUT2D eigenvalue weighted by atomic mass is 9.89. The second-order valence-electron chi connectivity index (χ2n) is 13.3. The van der Waals surface area contributed by atoms with Crippen LogP contribution in [-0.2, 0) is 36.8 Å². The number of esters is 1. The van der Waals surface area contributed by atoms with Crippen LogP contribution in [0.3, 0.4) is 0 Å². The van der Waals surface area contributed by atoms with E-state index in [9.17, 15) is 19.2 Å². The van der Waals surface area contributed by atoms with Crippen LogP contribution in [0.2, 0.25) is 0 Å². The summed E-state index contributed by atoms with van der Waals surface area (Å²) in [7, 11) is 0. The maximum atomic E-state index is 13.0. The molecule has 50 heavy (non-hydrogen) atoms. The van der Waals surface area contributed by atoms with E-state index in [1.807, 2.05) is 65.8 Å². The molecule has 0 aromatic carbocycles. The number of carbonyl (C=O) groups excluding carboxylic acids is 3. The highest BCUT2D eigenvalue weighted by molar-refractivity contribution is 6.15. The average molecular weight is 689 g/mol. The van der Waals surface area contributed by atoms with E-state index < -0.39 is 23.0 Å². The molecule has 0 saturated heterocycles. The second kappa shape index (κ2) is 17.3. The van der Waals surface area contributed by atoms with Crippen LogP contribution in [-0.4, -0.2) is 91.1 Å². The zero-order valence-electron chi connectivity index (χ0n) is 30.9. The smallest absolute Gasteiger partial charge is 0.330 e. The summed E-state index contributed by atoms with van der Waals surface area (Å²) in [6.07, 6.45) is 8.77. The first-order chi connectivity index (χ1) is 23.6. The molecule has 12 nitrogen and oxygen atoms in total. The molecule has 0 radical (unpaired) electrons. The van der Waals surface area contributed by atoms with E-state index in [2.05, 4.69) is 28.8 Å². The third kappa shape index (κ3) is 9.08. The van der Waals surface area contributed by atoms with Crippen molar-refractivity contribution >= 4 is 35.4 Å². The monoisotopic (exact) mass is 688 g/mol. The number of nitrogens with zero attached hydrogens (tertiary/aromatic N) is 6. The van der Waals surface area contributed by atoms with Crippen molar-refractivity contribution in [2.45, 2.75) is 99.1 Å². The lowest BCUT2D eigenvalue weighted by Crippen LogP contribution is -2.44. The summed E-state index contributed by atoms with van der Waals surface area (Å²) in [5.41, 5.74) is 1.89. The minimum Gasteiger partial charge on any atom is -0.481 e. The number of aryl methyl sites for hydroxylation is 2. The molecule has 0 spiro atoms. The van der Waals surface area contributed by atoms with E-state index >= 15 is 0 Å². The molecule has 270 valence electrons. The van der Waals surface area contributed by atoms with Gasteiger partial charge >= 0.3 is 11.9 Å². The summed E-state index contributed by atoms with van der Waals surface area (Å²) in [6.45, 7) is 18.3. The molecule has 12 heteroatoms. The molecule has 4 heterocycles. The first-order valence-corrected chi connectivity index (χ1v) is 17.4. The molecule has 0 fully saturated rings. The van der Waals surface area contributed by atoms with Crippen molar-refractivity contribution in [2.75, 3.05) is 19.7 Å². The first kappa shape index (κ1) is 39.7. The number of carboxylic acids is 1. The van der Waals surface area contributed by atoms with Crippen molar-refractivity contribution in [3.63, 3.8) is 0 Å². The quantitative estimate of drug-likeness (QED) is 0.208. The number of pyridine rings is 2. The number of carbonyl (C=O) groups is 4. The minimum atomic E-state index is -0.864. The fourth-order valence-electron chi connectivity index (χ4n) is 5.28. The van der Waals surface area contributed by atoms with Gasteiger partial charge in [-0.25, -0.2) is 14.8 Å². The number of ether oxygens (including phenoxy) is 1. The van der Waals surface area contributed by atoms with Gasteiger partial charge in [-0.3, -0.25) is 34.2 Å². The fraction of sp³-hybridized carbons (Fsp3) is 0.526. The maximum Gasteiger partial charge on any atom is 0.330 e. The Morgan fingerprint density at radius 3 is 1.70 bits per heavy atom. The van der Waals surface area contributed by atoms with E-state index in [0.717, 1.165) is 24.0 Å². The Kier molecular flexibility index (Phi) is 13.7. The van der Waals surface area contributed by atoms with Crippen LogP contribution in [0.4, 0.5) is 0 Å².